The zero-order valence-electron chi connectivity index (χ0n) is 26.6. The average Bonchev–Trinajstić information content (AvgIpc) is 3.36. The molecule has 9 nitrogen and oxygen atoms in total. The Morgan fingerprint density at radius 1 is 0.689 bits per heavy atom. The van der Waals surface area contributed by atoms with Crippen molar-refractivity contribution in [3.05, 3.63) is 109 Å². The van der Waals surface area contributed by atoms with Gasteiger partial charge in [-0.1, -0.05) is 18.2 Å². The number of pyridine rings is 2. The molecule has 3 heterocycles. The molecular formula is C36H39N5O4. The van der Waals surface area contributed by atoms with Gasteiger partial charge in [0.15, 0.2) is 0 Å². The molecule has 1 amide bonds. The monoisotopic (exact) mass is 605 g/mol. The van der Waals surface area contributed by atoms with Crippen molar-refractivity contribution in [2.75, 3.05) is 16.3 Å². The first-order valence-electron chi connectivity index (χ1n) is 14.9. The van der Waals surface area contributed by atoms with Crippen molar-refractivity contribution >= 4 is 45.8 Å². The molecule has 45 heavy (non-hydrogen) atoms. The molecule has 5 aromatic rings. The van der Waals surface area contributed by atoms with Crippen LogP contribution in [-0.2, 0) is 15.9 Å². The molecule has 232 valence electrons. The summed E-state index contributed by atoms with van der Waals surface area (Å²) in [6.07, 6.45) is 8.39. The van der Waals surface area contributed by atoms with E-state index in [1.165, 1.54) is 4.57 Å². The summed E-state index contributed by atoms with van der Waals surface area (Å²) in [4.78, 5) is 38.7. The SMILES string of the molecule is CC(C)(C)OC(=O)N(CCc1cn(C(=O)OC(C)(C)C)c2ccccc12)c1ccc(N(c2ccncc2)c2ccncc2)cc1. The van der Waals surface area contributed by atoms with Crippen LogP contribution in [0, 0.1) is 0 Å². The number of ether oxygens (including phenoxy) is 2. The van der Waals surface area contributed by atoms with Crippen LogP contribution in [0.1, 0.15) is 47.1 Å². The maximum Gasteiger partial charge on any atom is 0.419 e. The second-order valence-electron chi connectivity index (χ2n) is 12.7. The smallest absolute Gasteiger partial charge is 0.419 e. The van der Waals surface area contributed by atoms with Gasteiger partial charge in [-0.15, -0.1) is 0 Å². The first kappa shape index (κ1) is 31.3. The van der Waals surface area contributed by atoms with Gasteiger partial charge >= 0.3 is 12.2 Å². The highest BCUT2D eigenvalue weighted by Crippen LogP contribution is 2.35. The second-order valence-corrected chi connectivity index (χ2v) is 12.7. The number of amides is 1. The second kappa shape index (κ2) is 12.8. The lowest BCUT2D eigenvalue weighted by Gasteiger charge is -2.29. The number of carbonyl (C=O) groups is 2. The van der Waals surface area contributed by atoms with Crippen LogP contribution in [0.2, 0.25) is 0 Å². The van der Waals surface area contributed by atoms with E-state index in [-0.39, 0.29) is 0 Å². The highest BCUT2D eigenvalue weighted by Gasteiger charge is 2.25. The number of nitrogens with zero attached hydrogens (tertiary/aromatic N) is 5. The van der Waals surface area contributed by atoms with E-state index in [9.17, 15) is 9.59 Å². The molecule has 0 fully saturated rings. The number of carbonyl (C=O) groups excluding carboxylic acids is 2. The zero-order valence-corrected chi connectivity index (χ0v) is 26.6. The zero-order chi connectivity index (χ0) is 32.2. The first-order valence-corrected chi connectivity index (χ1v) is 14.9. The quantitative estimate of drug-likeness (QED) is 0.183. The highest BCUT2D eigenvalue weighted by molar-refractivity contribution is 5.93. The normalized spacial score (nSPS) is 11.7. The first-order chi connectivity index (χ1) is 21.4. The molecule has 0 N–H and O–H groups in total. The minimum Gasteiger partial charge on any atom is -0.443 e. The Labute approximate surface area is 264 Å². The molecule has 0 saturated heterocycles. The Hall–Kier alpha value is -5.18. The maximum atomic E-state index is 13.6. The van der Waals surface area contributed by atoms with Crippen molar-refractivity contribution in [1.29, 1.82) is 0 Å². The number of aromatic nitrogens is 3. The van der Waals surface area contributed by atoms with Crippen molar-refractivity contribution < 1.29 is 19.1 Å². The predicted octanol–water partition coefficient (Wildman–Crippen LogP) is 8.67. The Bertz CT molecular complexity index is 1720. The molecule has 0 aliphatic carbocycles. The van der Waals surface area contributed by atoms with E-state index in [0.717, 1.165) is 33.5 Å². The van der Waals surface area contributed by atoms with Gasteiger partial charge in [0, 0.05) is 65.7 Å². The van der Waals surface area contributed by atoms with Crippen molar-refractivity contribution in [3.63, 3.8) is 0 Å². The van der Waals surface area contributed by atoms with E-state index in [2.05, 4.69) is 14.9 Å². The Morgan fingerprint density at radius 2 is 1.20 bits per heavy atom. The summed E-state index contributed by atoms with van der Waals surface area (Å²) in [6, 6.07) is 23.2. The van der Waals surface area contributed by atoms with E-state index in [0.29, 0.717) is 18.7 Å². The molecule has 3 aromatic heterocycles. The summed E-state index contributed by atoms with van der Waals surface area (Å²) in [7, 11) is 0. The molecular weight excluding hydrogens is 566 g/mol. The van der Waals surface area contributed by atoms with Gasteiger partial charge in [0.25, 0.3) is 0 Å². The summed E-state index contributed by atoms with van der Waals surface area (Å²) >= 11 is 0. The van der Waals surface area contributed by atoms with Gasteiger partial charge in [-0.05, 0) is 108 Å². The third-order valence-corrected chi connectivity index (χ3v) is 6.86. The van der Waals surface area contributed by atoms with Gasteiger partial charge < -0.3 is 14.4 Å². The van der Waals surface area contributed by atoms with Gasteiger partial charge in [-0.25, -0.2) is 9.59 Å². The minimum absolute atomic E-state index is 0.328. The molecule has 0 atom stereocenters. The summed E-state index contributed by atoms with van der Waals surface area (Å²) in [5.74, 6) is 0. The molecule has 5 rings (SSSR count). The molecule has 0 bridgehead atoms. The number of hydrogen-bond acceptors (Lipinski definition) is 7. The topological polar surface area (TPSA) is 89.8 Å². The van der Waals surface area contributed by atoms with E-state index in [1.807, 2.05) is 114 Å². The van der Waals surface area contributed by atoms with Crippen molar-refractivity contribution in [2.45, 2.75) is 59.2 Å². The van der Waals surface area contributed by atoms with Gasteiger partial charge in [-0.2, -0.15) is 0 Å². The molecule has 0 aliphatic rings. The summed E-state index contributed by atoms with van der Waals surface area (Å²) < 4.78 is 13.0. The van der Waals surface area contributed by atoms with Crippen LogP contribution in [0.25, 0.3) is 10.9 Å². The fourth-order valence-electron chi connectivity index (χ4n) is 5.00. The average molecular weight is 606 g/mol. The van der Waals surface area contributed by atoms with E-state index >= 15 is 0 Å². The van der Waals surface area contributed by atoms with Crippen molar-refractivity contribution in [1.82, 2.24) is 14.5 Å². The Kier molecular flexibility index (Phi) is 8.90. The van der Waals surface area contributed by atoms with Crippen LogP contribution in [0.5, 0.6) is 0 Å². The molecule has 0 radical (unpaired) electrons. The summed E-state index contributed by atoms with van der Waals surface area (Å²) in [5.41, 5.74) is 3.83. The molecule has 0 saturated carbocycles. The lowest BCUT2D eigenvalue weighted by Crippen LogP contribution is -2.38. The lowest BCUT2D eigenvalue weighted by molar-refractivity contribution is 0.0540. The summed E-state index contributed by atoms with van der Waals surface area (Å²) in [5, 5.41) is 0.924. The van der Waals surface area contributed by atoms with Crippen LogP contribution < -0.4 is 9.80 Å². The number of fused-ring (bicyclic) bond motifs is 1. The number of hydrogen-bond donors (Lipinski definition) is 0. The molecule has 0 unspecified atom stereocenters. The Morgan fingerprint density at radius 3 is 1.76 bits per heavy atom. The van der Waals surface area contributed by atoms with Gasteiger partial charge in [0.1, 0.15) is 11.2 Å². The van der Waals surface area contributed by atoms with Gasteiger partial charge in [0.05, 0.1) is 5.52 Å². The minimum atomic E-state index is -0.679. The van der Waals surface area contributed by atoms with Gasteiger partial charge in [0.2, 0.25) is 0 Å². The van der Waals surface area contributed by atoms with Crippen LogP contribution in [0.3, 0.4) is 0 Å². The van der Waals surface area contributed by atoms with Crippen LogP contribution in [0.4, 0.5) is 32.3 Å². The molecule has 9 heteroatoms. The standard InChI is InChI=1S/C36H39N5O4/c1-35(2,3)44-33(42)39(24-19-26-25-40(34(43)45-36(4,5)6)32-10-8-7-9-31(26)32)27-11-13-28(14-12-27)41(29-15-20-37-21-16-29)30-17-22-38-23-18-30/h7-18,20-23,25H,19,24H2,1-6H3. The number of para-hydroxylation sites is 1. The van der Waals surface area contributed by atoms with E-state index in [1.54, 1.807) is 35.9 Å². The van der Waals surface area contributed by atoms with E-state index < -0.39 is 23.4 Å². The maximum absolute atomic E-state index is 13.6. The van der Waals surface area contributed by atoms with Gasteiger partial charge in [-0.3, -0.25) is 19.4 Å². The Balaban J connectivity index is 1.46. The van der Waals surface area contributed by atoms with Crippen LogP contribution >= 0.6 is 0 Å². The molecule has 0 aliphatic heterocycles. The number of anilines is 4. The van der Waals surface area contributed by atoms with Crippen molar-refractivity contribution in [2.24, 2.45) is 0 Å². The highest BCUT2D eigenvalue weighted by atomic mass is 16.6. The predicted molar refractivity (Wildman–Crippen MR) is 178 cm³/mol. The fourth-order valence-corrected chi connectivity index (χ4v) is 5.00. The third kappa shape index (κ3) is 7.67. The largest absolute Gasteiger partial charge is 0.443 e. The van der Waals surface area contributed by atoms with Crippen molar-refractivity contribution in [3.8, 4) is 0 Å². The number of benzene rings is 2. The van der Waals surface area contributed by atoms with E-state index in [4.69, 9.17) is 9.47 Å². The van der Waals surface area contributed by atoms with Crippen LogP contribution in [-0.4, -0.2) is 44.5 Å². The lowest BCUT2D eigenvalue weighted by atomic mass is 10.1. The van der Waals surface area contributed by atoms with Crippen LogP contribution in [0.15, 0.2) is 104 Å². The molecule has 2 aromatic carbocycles. The molecule has 0 spiro atoms. The summed E-state index contributed by atoms with van der Waals surface area (Å²) in [6.45, 7) is 11.4. The number of rotatable bonds is 7. The fraction of sp³-hybridized carbons (Fsp3) is 0.278. The third-order valence-electron chi connectivity index (χ3n) is 6.86.